The van der Waals surface area contributed by atoms with E-state index >= 15 is 0 Å². The van der Waals surface area contributed by atoms with Gasteiger partial charge in [-0.1, -0.05) is 18.2 Å². The van der Waals surface area contributed by atoms with Crippen molar-refractivity contribution in [3.05, 3.63) is 59.4 Å². The molecule has 2 aliphatic heterocycles. The molecule has 1 saturated heterocycles. The van der Waals surface area contributed by atoms with Gasteiger partial charge in [0.2, 0.25) is 0 Å². The molecule has 0 radical (unpaired) electrons. The molecule has 0 saturated carbocycles. The second-order valence-corrected chi connectivity index (χ2v) is 7.73. The molecule has 1 unspecified atom stereocenters. The minimum Gasteiger partial charge on any atom is -0.490 e. The van der Waals surface area contributed by atoms with Crippen LogP contribution >= 0.6 is 0 Å². The van der Waals surface area contributed by atoms with Crippen LogP contribution in [-0.2, 0) is 11.2 Å². The number of carbonyl (C=O) groups excluding carboxylic acids is 1. The summed E-state index contributed by atoms with van der Waals surface area (Å²) in [4.78, 5) is 13.7. The minimum atomic E-state index is -0.221. The molecule has 2 atom stereocenters. The molecule has 1 amide bonds. The van der Waals surface area contributed by atoms with E-state index in [-0.39, 0.29) is 17.8 Å². The number of halogens is 1. The van der Waals surface area contributed by atoms with Crippen molar-refractivity contribution in [2.24, 2.45) is 0 Å². The van der Waals surface area contributed by atoms with Gasteiger partial charge in [0.25, 0.3) is 5.91 Å². The molecule has 2 heterocycles. The van der Waals surface area contributed by atoms with Gasteiger partial charge in [0.1, 0.15) is 11.9 Å². The van der Waals surface area contributed by atoms with Crippen LogP contribution in [0.5, 0.6) is 11.5 Å². The number of likely N-dealkylation sites (tertiary alicyclic amines) is 1. The maximum Gasteiger partial charge on any atom is 0.275 e. The van der Waals surface area contributed by atoms with Crippen molar-refractivity contribution < 1.29 is 23.6 Å². The number of carbonyl (C=O) groups is 1. The van der Waals surface area contributed by atoms with Gasteiger partial charge in [-0.05, 0) is 36.2 Å². The Labute approximate surface area is 170 Å². The Morgan fingerprint density at radius 2 is 1.93 bits per heavy atom. The number of nitrogens with one attached hydrogen (secondary N) is 2. The number of hydrogen-bond donors (Lipinski definition) is 2. The van der Waals surface area contributed by atoms with E-state index in [4.69, 9.17) is 9.47 Å². The van der Waals surface area contributed by atoms with Crippen LogP contribution in [-0.4, -0.2) is 38.8 Å². The van der Waals surface area contributed by atoms with Crippen molar-refractivity contribution in [2.75, 3.05) is 32.8 Å². The lowest BCUT2D eigenvalue weighted by Gasteiger charge is -2.22. The highest BCUT2D eigenvalue weighted by Gasteiger charge is 2.32. The SMILES string of the molecule is O=C(C[NH+]1CCC[C@H]1c1ccc2c(c1)OCCCO2)NCCc1ccccc1F. The Bertz CT molecular complexity index is 858. The molecule has 154 valence electrons. The van der Waals surface area contributed by atoms with Gasteiger partial charge in [0, 0.05) is 31.4 Å². The maximum absolute atomic E-state index is 13.7. The quantitative estimate of drug-likeness (QED) is 0.782. The van der Waals surface area contributed by atoms with E-state index in [1.807, 2.05) is 12.1 Å². The molecule has 0 aromatic heterocycles. The first-order valence-corrected chi connectivity index (χ1v) is 10.4. The summed E-state index contributed by atoms with van der Waals surface area (Å²) in [6.07, 6.45) is 3.53. The second kappa shape index (κ2) is 9.27. The van der Waals surface area contributed by atoms with Gasteiger partial charge in [0.15, 0.2) is 18.0 Å². The predicted octanol–water partition coefficient (Wildman–Crippen LogP) is 2.07. The van der Waals surface area contributed by atoms with E-state index in [1.54, 1.807) is 12.1 Å². The summed E-state index contributed by atoms with van der Waals surface area (Å²) >= 11 is 0. The summed E-state index contributed by atoms with van der Waals surface area (Å²) in [6, 6.07) is 13.1. The number of fused-ring (bicyclic) bond motifs is 1. The fraction of sp³-hybridized carbons (Fsp3) is 0.435. The molecule has 6 heteroatoms. The molecule has 2 aromatic carbocycles. The molecular weight excluding hydrogens is 371 g/mol. The Kier molecular flexibility index (Phi) is 6.30. The Hall–Kier alpha value is -2.60. The largest absolute Gasteiger partial charge is 0.490 e. The van der Waals surface area contributed by atoms with Gasteiger partial charge < -0.3 is 19.7 Å². The molecule has 4 rings (SSSR count). The van der Waals surface area contributed by atoms with Crippen molar-refractivity contribution in [3.63, 3.8) is 0 Å². The zero-order valence-corrected chi connectivity index (χ0v) is 16.6. The van der Waals surface area contributed by atoms with Gasteiger partial charge in [-0.3, -0.25) is 4.79 Å². The first-order chi connectivity index (χ1) is 14.2. The van der Waals surface area contributed by atoms with Crippen LogP contribution in [0.4, 0.5) is 4.39 Å². The van der Waals surface area contributed by atoms with Crippen LogP contribution in [0.25, 0.3) is 0 Å². The summed E-state index contributed by atoms with van der Waals surface area (Å²) in [5, 5.41) is 2.94. The number of ether oxygens (including phenoxy) is 2. The van der Waals surface area contributed by atoms with E-state index in [1.165, 1.54) is 16.5 Å². The van der Waals surface area contributed by atoms with Crippen LogP contribution in [0.1, 0.15) is 36.4 Å². The van der Waals surface area contributed by atoms with Crippen LogP contribution in [0.15, 0.2) is 42.5 Å². The topological polar surface area (TPSA) is 52.0 Å². The van der Waals surface area contributed by atoms with Crippen molar-refractivity contribution in [1.29, 1.82) is 0 Å². The fourth-order valence-electron chi connectivity index (χ4n) is 4.23. The van der Waals surface area contributed by atoms with Crippen molar-refractivity contribution in [2.45, 2.75) is 31.7 Å². The first-order valence-electron chi connectivity index (χ1n) is 10.4. The molecule has 0 bridgehead atoms. The first kappa shape index (κ1) is 19.7. The average molecular weight is 399 g/mol. The standard InChI is InChI=1S/C23H27FN2O3/c24-19-6-2-1-5-17(19)10-11-25-23(27)16-26-12-3-7-20(26)18-8-9-21-22(15-18)29-14-4-13-28-21/h1-2,5-6,8-9,15,20H,3-4,7,10-14,16H2,(H,25,27)/p+1/t20-/m0/s1. The average Bonchev–Trinajstić information content (AvgIpc) is 3.04. The van der Waals surface area contributed by atoms with E-state index in [0.29, 0.717) is 38.3 Å². The van der Waals surface area contributed by atoms with E-state index < -0.39 is 0 Å². The van der Waals surface area contributed by atoms with E-state index in [0.717, 1.165) is 37.3 Å². The number of amides is 1. The normalized spacial score (nSPS) is 20.9. The van der Waals surface area contributed by atoms with Gasteiger partial charge >= 0.3 is 0 Å². The summed E-state index contributed by atoms with van der Waals surface area (Å²) < 4.78 is 25.2. The van der Waals surface area contributed by atoms with Gasteiger partial charge in [-0.25, -0.2) is 4.39 Å². The lowest BCUT2D eigenvalue weighted by Crippen LogP contribution is -3.11. The smallest absolute Gasteiger partial charge is 0.275 e. The zero-order chi connectivity index (χ0) is 20.1. The second-order valence-electron chi connectivity index (χ2n) is 7.73. The summed E-state index contributed by atoms with van der Waals surface area (Å²) in [7, 11) is 0. The molecule has 2 aliphatic rings. The highest BCUT2D eigenvalue weighted by molar-refractivity contribution is 5.76. The van der Waals surface area contributed by atoms with Crippen molar-refractivity contribution >= 4 is 5.91 Å². The van der Waals surface area contributed by atoms with Crippen molar-refractivity contribution in [1.82, 2.24) is 5.32 Å². The minimum absolute atomic E-state index is 0.0117. The lowest BCUT2D eigenvalue weighted by molar-refractivity contribution is -0.910. The number of rotatable bonds is 6. The monoisotopic (exact) mass is 399 g/mol. The predicted molar refractivity (Wildman–Crippen MR) is 108 cm³/mol. The highest BCUT2D eigenvalue weighted by atomic mass is 19.1. The van der Waals surface area contributed by atoms with Gasteiger partial charge in [-0.2, -0.15) is 0 Å². The molecule has 0 aliphatic carbocycles. The van der Waals surface area contributed by atoms with Crippen LogP contribution < -0.4 is 19.7 Å². The third kappa shape index (κ3) is 4.88. The summed E-state index contributed by atoms with van der Waals surface area (Å²) in [5.74, 6) is 1.40. The zero-order valence-electron chi connectivity index (χ0n) is 16.6. The van der Waals surface area contributed by atoms with Gasteiger partial charge in [-0.15, -0.1) is 0 Å². The summed E-state index contributed by atoms with van der Waals surface area (Å²) in [6.45, 7) is 3.19. The highest BCUT2D eigenvalue weighted by Crippen LogP contribution is 2.33. The van der Waals surface area contributed by atoms with E-state index in [2.05, 4.69) is 17.4 Å². The third-order valence-electron chi connectivity index (χ3n) is 5.72. The van der Waals surface area contributed by atoms with Crippen LogP contribution in [0.2, 0.25) is 0 Å². The molecule has 2 aromatic rings. The molecule has 1 fully saturated rings. The fourth-order valence-corrected chi connectivity index (χ4v) is 4.23. The van der Waals surface area contributed by atoms with E-state index in [9.17, 15) is 9.18 Å². The van der Waals surface area contributed by atoms with Crippen molar-refractivity contribution in [3.8, 4) is 11.5 Å². The summed E-state index contributed by atoms with van der Waals surface area (Å²) in [5.41, 5.74) is 1.83. The Morgan fingerprint density at radius 1 is 1.10 bits per heavy atom. The molecule has 2 N–H and O–H groups in total. The maximum atomic E-state index is 13.7. The molecular formula is C23H28FN2O3+. The molecule has 0 spiro atoms. The van der Waals surface area contributed by atoms with Crippen LogP contribution in [0.3, 0.4) is 0 Å². The molecule has 29 heavy (non-hydrogen) atoms. The van der Waals surface area contributed by atoms with Gasteiger partial charge in [0.05, 0.1) is 19.8 Å². The van der Waals surface area contributed by atoms with Crippen LogP contribution in [0, 0.1) is 5.82 Å². The number of hydrogen-bond acceptors (Lipinski definition) is 3. The number of benzene rings is 2. The molecule has 5 nitrogen and oxygen atoms in total. The number of quaternary nitrogens is 1. The Balaban J connectivity index is 1.33. The third-order valence-corrected chi connectivity index (χ3v) is 5.72. The lowest BCUT2D eigenvalue weighted by atomic mass is 10.0. The Morgan fingerprint density at radius 3 is 2.79 bits per heavy atom.